The maximum atomic E-state index is 13.9. The van der Waals surface area contributed by atoms with Crippen LogP contribution >= 0.6 is 0 Å². The standard InChI is InChI=1S/C21H20FN3O3/c1-12-8-17-19(21(26)25(12)11-15-6-3-7-27-15)18(16(10-23)20(24)28-17)13-4-2-5-14(22)9-13/h2,4-5,8-9,15,18H,3,6-7,11,24H2,1H3/t15-,18+/m1/s1. The molecule has 144 valence electrons. The molecule has 0 unspecified atom stereocenters. The molecule has 2 atom stereocenters. The number of allylic oxidation sites excluding steroid dienone is 1. The van der Waals surface area contributed by atoms with Gasteiger partial charge in [-0.2, -0.15) is 5.26 Å². The lowest BCUT2D eigenvalue weighted by molar-refractivity contribution is 0.0955. The first-order valence-corrected chi connectivity index (χ1v) is 9.18. The average molecular weight is 381 g/mol. The minimum atomic E-state index is -0.784. The van der Waals surface area contributed by atoms with Gasteiger partial charge in [0.2, 0.25) is 5.88 Å². The zero-order valence-electron chi connectivity index (χ0n) is 15.4. The highest BCUT2D eigenvalue weighted by molar-refractivity contribution is 5.55. The van der Waals surface area contributed by atoms with Crippen LogP contribution in [-0.4, -0.2) is 17.3 Å². The van der Waals surface area contributed by atoms with Crippen molar-refractivity contribution in [3.8, 4) is 11.8 Å². The second-order valence-corrected chi connectivity index (χ2v) is 7.09. The van der Waals surface area contributed by atoms with Crippen LogP contribution in [0.25, 0.3) is 0 Å². The first-order chi connectivity index (χ1) is 13.5. The summed E-state index contributed by atoms with van der Waals surface area (Å²) >= 11 is 0. The Morgan fingerprint density at radius 1 is 1.39 bits per heavy atom. The van der Waals surface area contributed by atoms with Crippen molar-refractivity contribution in [1.29, 1.82) is 5.26 Å². The summed E-state index contributed by atoms with van der Waals surface area (Å²) in [6, 6.07) is 9.62. The Labute approximate surface area is 161 Å². The number of hydrogen-bond acceptors (Lipinski definition) is 5. The number of hydrogen-bond donors (Lipinski definition) is 1. The molecule has 2 aliphatic rings. The number of nitriles is 1. The van der Waals surface area contributed by atoms with Crippen LogP contribution in [0.4, 0.5) is 4.39 Å². The molecule has 3 heterocycles. The smallest absolute Gasteiger partial charge is 0.258 e. The fourth-order valence-corrected chi connectivity index (χ4v) is 3.92. The number of benzene rings is 1. The van der Waals surface area contributed by atoms with Gasteiger partial charge in [0.1, 0.15) is 23.2 Å². The van der Waals surface area contributed by atoms with Crippen LogP contribution in [0, 0.1) is 24.1 Å². The number of aromatic nitrogens is 1. The second kappa shape index (κ2) is 7.13. The topological polar surface area (TPSA) is 90.3 Å². The van der Waals surface area contributed by atoms with Crippen molar-refractivity contribution in [2.24, 2.45) is 5.73 Å². The summed E-state index contributed by atoms with van der Waals surface area (Å²) in [7, 11) is 0. The van der Waals surface area contributed by atoms with E-state index >= 15 is 0 Å². The van der Waals surface area contributed by atoms with E-state index in [1.807, 2.05) is 13.0 Å². The molecule has 7 heteroatoms. The quantitative estimate of drug-likeness (QED) is 0.883. The minimum Gasteiger partial charge on any atom is -0.440 e. The number of fused-ring (bicyclic) bond motifs is 1. The van der Waals surface area contributed by atoms with Crippen LogP contribution in [0.2, 0.25) is 0 Å². The molecule has 2 aliphatic heterocycles. The minimum absolute atomic E-state index is 0.0253. The van der Waals surface area contributed by atoms with Crippen molar-refractivity contribution in [3.63, 3.8) is 0 Å². The predicted molar refractivity (Wildman–Crippen MR) is 100 cm³/mol. The van der Waals surface area contributed by atoms with Gasteiger partial charge in [-0.3, -0.25) is 4.79 Å². The summed E-state index contributed by atoms with van der Waals surface area (Å²) in [6.07, 6.45) is 1.84. The number of nitrogens with two attached hydrogens (primary N) is 1. The highest BCUT2D eigenvalue weighted by atomic mass is 19.1. The molecule has 0 radical (unpaired) electrons. The van der Waals surface area contributed by atoms with Crippen molar-refractivity contribution >= 4 is 0 Å². The lowest BCUT2D eigenvalue weighted by atomic mass is 9.84. The highest BCUT2D eigenvalue weighted by Crippen LogP contribution is 2.40. The predicted octanol–water partition coefficient (Wildman–Crippen LogP) is 2.69. The van der Waals surface area contributed by atoms with Crippen LogP contribution in [0.3, 0.4) is 0 Å². The normalized spacial score (nSPS) is 21.2. The Kier molecular flexibility index (Phi) is 4.65. The van der Waals surface area contributed by atoms with Gasteiger partial charge in [0.25, 0.3) is 5.56 Å². The van der Waals surface area contributed by atoms with E-state index < -0.39 is 11.7 Å². The molecule has 1 aromatic carbocycles. The van der Waals surface area contributed by atoms with E-state index in [9.17, 15) is 14.4 Å². The fraction of sp³-hybridized carbons (Fsp3) is 0.333. The zero-order chi connectivity index (χ0) is 19.8. The first kappa shape index (κ1) is 18.3. The fourth-order valence-electron chi connectivity index (χ4n) is 3.92. The summed E-state index contributed by atoms with van der Waals surface area (Å²) in [4.78, 5) is 13.4. The van der Waals surface area contributed by atoms with Gasteiger partial charge in [-0.05, 0) is 37.5 Å². The van der Waals surface area contributed by atoms with Gasteiger partial charge in [-0.15, -0.1) is 0 Å². The Morgan fingerprint density at radius 3 is 2.89 bits per heavy atom. The van der Waals surface area contributed by atoms with Gasteiger partial charge >= 0.3 is 0 Å². The van der Waals surface area contributed by atoms with E-state index in [2.05, 4.69) is 0 Å². The molecular formula is C21H20FN3O3. The van der Waals surface area contributed by atoms with Gasteiger partial charge in [0.05, 0.1) is 24.1 Å². The van der Waals surface area contributed by atoms with Gasteiger partial charge in [-0.25, -0.2) is 4.39 Å². The first-order valence-electron chi connectivity index (χ1n) is 9.18. The van der Waals surface area contributed by atoms with E-state index in [0.29, 0.717) is 35.7 Å². The van der Waals surface area contributed by atoms with Gasteiger partial charge in [0.15, 0.2) is 0 Å². The monoisotopic (exact) mass is 381 g/mol. The van der Waals surface area contributed by atoms with Crippen LogP contribution in [-0.2, 0) is 11.3 Å². The third kappa shape index (κ3) is 3.06. The number of aryl methyl sites for hydroxylation is 1. The molecule has 28 heavy (non-hydrogen) atoms. The second-order valence-electron chi connectivity index (χ2n) is 7.09. The maximum Gasteiger partial charge on any atom is 0.258 e. The third-order valence-corrected chi connectivity index (χ3v) is 5.28. The molecule has 0 amide bonds. The van der Waals surface area contributed by atoms with E-state index in [-0.39, 0.29) is 23.1 Å². The van der Waals surface area contributed by atoms with Crippen LogP contribution in [0.15, 0.2) is 46.6 Å². The van der Waals surface area contributed by atoms with Crippen LogP contribution < -0.4 is 16.0 Å². The van der Waals surface area contributed by atoms with Crippen molar-refractivity contribution < 1.29 is 13.9 Å². The third-order valence-electron chi connectivity index (χ3n) is 5.28. The molecule has 2 aromatic rings. The lowest BCUT2D eigenvalue weighted by Crippen LogP contribution is -2.35. The Hall–Kier alpha value is -3.11. The summed E-state index contributed by atoms with van der Waals surface area (Å²) in [5.41, 5.74) is 7.26. The van der Waals surface area contributed by atoms with E-state index in [4.69, 9.17) is 15.2 Å². The Morgan fingerprint density at radius 2 is 2.21 bits per heavy atom. The molecule has 0 aliphatic carbocycles. The van der Waals surface area contributed by atoms with Crippen LogP contribution in [0.1, 0.15) is 35.6 Å². The number of halogens is 1. The molecule has 2 N–H and O–H groups in total. The van der Waals surface area contributed by atoms with Crippen molar-refractivity contribution in [2.75, 3.05) is 6.61 Å². The molecular weight excluding hydrogens is 361 g/mol. The van der Waals surface area contributed by atoms with Crippen molar-refractivity contribution in [2.45, 2.75) is 38.3 Å². The SMILES string of the molecule is Cc1cc2c(c(=O)n1C[C@H]1CCCO1)[C@@H](c1cccc(F)c1)C(C#N)=C(N)O2. The average Bonchev–Trinajstić information content (AvgIpc) is 3.17. The molecule has 4 rings (SSSR count). The molecule has 0 spiro atoms. The molecule has 6 nitrogen and oxygen atoms in total. The number of nitrogens with zero attached hydrogens (tertiary/aromatic N) is 2. The number of pyridine rings is 1. The number of ether oxygens (including phenoxy) is 2. The Balaban J connectivity index is 1.90. The number of rotatable bonds is 3. The Bertz CT molecular complexity index is 1060. The van der Waals surface area contributed by atoms with E-state index in [1.54, 1.807) is 22.8 Å². The van der Waals surface area contributed by atoms with Gasteiger partial charge < -0.3 is 19.8 Å². The van der Waals surface area contributed by atoms with Crippen molar-refractivity contribution in [3.05, 3.63) is 74.8 Å². The summed E-state index contributed by atoms with van der Waals surface area (Å²) in [6.45, 7) is 2.93. The van der Waals surface area contributed by atoms with Gasteiger partial charge in [0, 0.05) is 18.4 Å². The van der Waals surface area contributed by atoms with E-state index in [1.165, 1.54) is 12.1 Å². The molecule has 1 aromatic heterocycles. The van der Waals surface area contributed by atoms with E-state index in [0.717, 1.165) is 12.8 Å². The largest absolute Gasteiger partial charge is 0.440 e. The molecule has 1 fully saturated rings. The molecule has 0 bridgehead atoms. The lowest BCUT2D eigenvalue weighted by Gasteiger charge is -2.27. The molecule has 1 saturated heterocycles. The highest BCUT2D eigenvalue weighted by Gasteiger charge is 2.35. The van der Waals surface area contributed by atoms with Crippen LogP contribution in [0.5, 0.6) is 5.75 Å². The molecule has 0 saturated carbocycles. The maximum absolute atomic E-state index is 13.9. The summed E-state index contributed by atoms with van der Waals surface area (Å²) < 4.78 is 26.8. The van der Waals surface area contributed by atoms with Crippen molar-refractivity contribution in [1.82, 2.24) is 4.57 Å². The zero-order valence-corrected chi connectivity index (χ0v) is 15.4. The summed E-state index contributed by atoms with van der Waals surface area (Å²) in [5.74, 6) is -1.00. The summed E-state index contributed by atoms with van der Waals surface area (Å²) in [5, 5.41) is 9.64. The van der Waals surface area contributed by atoms with Gasteiger partial charge in [-0.1, -0.05) is 12.1 Å².